The number of hydrogen-bond acceptors (Lipinski definition) is 2. The molecule has 1 amide bonds. The van der Waals surface area contributed by atoms with E-state index in [1.54, 1.807) is 13.2 Å². The highest BCUT2D eigenvalue weighted by molar-refractivity contribution is 5.91. The van der Waals surface area contributed by atoms with Crippen LogP contribution in [0.15, 0.2) is 36.9 Å². The minimum atomic E-state index is 0.0412. The van der Waals surface area contributed by atoms with Crippen molar-refractivity contribution < 1.29 is 14.1 Å². The Hall–Kier alpha value is -1.90. The van der Waals surface area contributed by atoms with E-state index in [2.05, 4.69) is 6.58 Å². The Kier molecular flexibility index (Phi) is 5.10. The van der Waals surface area contributed by atoms with Crippen LogP contribution in [-0.4, -0.2) is 29.8 Å². The molecule has 20 heavy (non-hydrogen) atoms. The molecule has 1 aromatic carbocycles. The number of hydrogen-bond donors (Lipinski definition) is 0. The van der Waals surface area contributed by atoms with Gasteiger partial charge in [-0.3, -0.25) is 0 Å². The van der Waals surface area contributed by atoms with Crippen molar-refractivity contribution in [1.82, 2.24) is 0 Å². The molecule has 1 aliphatic rings. The first kappa shape index (κ1) is 14.5. The molecule has 0 bridgehead atoms. The molecule has 1 aromatic rings. The zero-order valence-electron chi connectivity index (χ0n) is 12.0. The first-order chi connectivity index (χ1) is 9.76. The van der Waals surface area contributed by atoms with E-state index in [9.17, 15) is 4.79 Å². The molecular formula is C17H22NO2+. The van der Waals surface area contributed by atoms with E-state index in [0.717, 1.165) is 18.6 Å². The smallest absolute Gasteiger partial charge is 0.419 e. The monoisotopic (exact) mass is 272 g/mol. The molecule has 0 heterocycles. The molecule has 0 radical (unpaired) electrons. The lowest BCUT2D eigenvalue weighted by atomic mass is 9.94. The summed E-state index contributed by atoms with van der Waals surface area (Å²) in [4.78, 5) is 12.6. The summed E-state index contributed by atoms with van der Waals surface area (Å²) in [6.45, 7) is 3.73. The number of rotatable bonds is 4. The molecular weight excluding hydrogens is 250 g/mol. The van der Waals surface area contributed by atoms with Crippen LogP contribution in [0.4, 0.5) is 0 Å². The number of allylic oxidation sites excluding steroid dienone is 1. The highest BCUT2D eigenvalue weighted by atomic mass is 16.5. The maximum absolute atomic E-state index is 12.6. The second-order valence-electron chi connectivity index (χ2n) is 5.12. The molecule has 2 rings (SSSR count). The Morgan fingerprint density at radius 2 is 1.90 bits per heavy atom. The first-order valence-electron chi connectivity index (χ1n) is 7.19. The van der Waals surface area contributed by atoms with Gasteiger partial charge in [-0.25, -0.2) is 4.79 Å². The molecule has 0 aliphatic heterocycles. The van der Waals surface area contributed by atoms with Crippen LogP contribution in [0.1, 0.15) is 42.5 Å². The van der Waals surface area contributed by atoms with Gasteiger partial charge in [0.25, 0.3) is 0 Å². The average molecular weight is 272 g/mol. The zero-order valence-corrected chi connectivity index (χ0v) is 12.0. The van der Waals surface area contributed by atoms with E-state index >= 15 is 0 Å². The maximum Gasteiger partial charge on any atom is 0.419 e. The number of amides is 1. The number of carbonyl (C=O) groups is 1. The summed E-state index contributed by atoms with van der Waals surface area (Å²) in [5.74, 6) is 0.804. The van der Waals surface area contributed by atoms with Gasteiger partial charge in [0.05, 0.1) is 12.7 Å². The van der Waals surface area contributed by atoms with Gasteiger partial charge in [-0.2, -0.15) is 4.58 Å². The maximum atomic E-state index is 12.6. The van der Waals surface area contributed by atoms with E-state index < -0.39 is 0 Å². The second kappa shape index (κ2) is 7.04. The fourth-order valence-electron chi connectivity index (χ4n) is 2.71. The van der Waals surface area contributed by atoms with Crippen LogP contribution < -0.4 is 4.74 Å². The Labute approximate surface area is 120 Å². The van der Waals surface area contributed by atoms with E-state index in [1.165, 1.54) is 19.3 Å². The Balaban J connectivity index is 2.21. The predicted molar refractivity (Wildman–Crippen MR) is 80.7 cm³/mol. The lowest BCUT2D eigenvalue weighted by Gasteiger charge is -2.18. The molecule has 0 spiro atoms. The van der Waals surface area contributed by atoms with Gasteiger partial charge >= 0.3 is 5.91 Å². The van der Waals surface area contributed by atoms with Crippen molar-refractivity contribution in [2.75, 3.05) is 7.11 Å². The summed E-state index contributed by atoms with van der Waals surface area (Å²) < 4.78 is 6.97. The summed E-state index contributed by atoms with van der Waals surface area (Å²) >= 11 is 0. The molecule has 3 heteroatoms. The molecule has 0 unspecified atom stereocenters. The summed E-state index contributed by atoms with van der Waals surface area (Å²) in [7, 11) is 1.62. The number of nitrogens with zero attached hydrogens (tertiary/aromatic N) is 1. The zero-order chi connectivity index (χ0) is 14.4. The van der Waals surface area contributed by atoms with Crippen molar-refractivity contribution in [3.8, 4) is 5.75 Å². The summed E-state index contributed by atoms with van der Waals surface area (Å²) in [5.41, 5.74) is 0.689. The third kappa shape index (κ3) is 3.35. The number of benzene rings is 1. The second-order valence-corrected chi connectivity index (χ2v) is 5.12. The van der Waals surface area contributed by atoms with Crippen molar-refractivity contribution in [2.45, 2.75) is 38.1 Å². The van der Waals surface area contributed by atoms with Gasteiger partial charge in [0.1, 0.15) is 5.75 Å². The lowest BCUT2D eigenvalue weighted by Crippen LogP contribution is -2.34. The van der Waals surface area contributed by atoms with E-state index in [4.69, 9.17) is 4.74 Å². The quantitative estimate of drug-likeness (QED) is 0.620. The van der Waals surface area contributed by atoms with E-state index in [0.29, 0.717) is 11.6 Å². The van der Waals surface area contributed by atoms with Crippen molar-refractivity contribution in [3.05, 3.63) is 42.5 Å². The van der Waals surface area contributed by atoms with Crippen LogP contribution in [0.3, 0.4) is 0 Å². The normalized spacial score (nSPS) is 16.8. The van der Waals surface area contributed by atoms with Crippen LogP contribution in [-0.2, 0) is 0 Å². The topological polar surface area (TPSA) is 29.3 Å². The van der Waals surface area contributed by atoms with Crippen molar-refractivity contribution >= 4 is 12.1 Å². The average Bonchev–Trinajstić information content (AvgIpc) is 2.53. The van der Waals surface area contributed by atoms with Gasteiger partial charge in [-0.15, -0.1) is 0 Å². The van der Waals surface area contributed by atoms with Crippen LogP contribution in [0, 0.1) is 0 Å². The third-order valence-corrected chi connectivity index (χ3v) is 3.81. The van der Waals surface area contributed by atoms with Gasteiger partial charge in [-0.1, -0.05) is 13.0 Å². The molecule has 1 fully saturated rings. The fourth-order valence-corrected chi connectivity index (χ4v) is 2.71. The number of methoxy groups -OCH3 is 1. The Morgan fingerprint density at radius 1 is 1.25 bits per heavy atom. The van der Waals surface area contributed by atoms with Crippen LogP contribution in [0.25, 0.3) is 0 Å². The van der Waals surface area contributed by atoms with Crippen molar-refractivity contribution in [2.24, 2.45) is 0 Å². The van der Waals surface area contributed by atoms with Crippen LogP contribution in [0.2, 0.25) is 0 Å². The predicted octanol–water partition coefficient (Wildman–Crippen LogP) is 3.44. The van der Waals surface area contributed by atoms with Gasteiger partial charge in [-0.05, 0) is 43.2 Å². The molecule has 1 aliphatic carbocycles. The number of ether oxygens (including phenoxy) is 1. The van der Waals surface area contributed by atoms with E-state index in [1.807, 2.05) is 35.1 Å². The van der Waals surface area contributed by atoms with E-state index in [-0.39, 0.29) is 5.91 Å². The molecule has 0 atom stereocenters. The highest BCUT2D eigenvalue weighted by Gasteiger charge is 2.30. The minimum Gasteiger partial charge on any atom is -0.497 e. The summed E-state index contributed by atoms with van der Waals surface area (Å²) in [6.07, 6.45) is 9.32. The van der Waals surface area contributed by atoms with Crippen molar-refractivity contribution in [3.63, 3.8) is 0 Å². The van der Waals surface area contributed by atoms with Gasteiger partial charge in [0, 0.05) is 12.8 Å². The molecule has 1 saturated carbocycles. The third-order valence-electron chi connectivity index (χ3n) is 3.81. The van der Waals surface area contributed by atoms with Gasteiger partial charge in [0.15, 0.2) is 12.3 Å². The molecule has 0 aromatic heterocycles. The molecule has 106 valence electrons. The number of carbonyl (C=O) groups excluding carboxylic acids is 1. The Morgan fingerprint density at radius 3 is 2.45 bits per heavy atom. The van der Waals surface area contributed by atoms with Crippen molar-refractivity contribution in [1.29, 1.82) is 0 Å². The highest BCUT2D eigenvalue weighted by Crippen LogP contribution is 2.21. The molecule has 0 N–H and O–H groups in total. The largest absolute Gasteiger partial charge is 0.497 e. The summed E-state index contributed by atoms with van der Waals surface area (Å²) in [5, 5.41) is 0. The van der Waals surface area contributed by atoms with Crippen LogP contribution >= 0.6 is 0 Å². The first-order valence-corrected chi connectivity index (χ1v) is 7.19. The SMILES string of the molecule is C=CC=[N+](C(=O)c1ccc(OC)cc1)C1CCCCC1. The molecule has 3 nitrogen and oxygen atoms in total. The molecule has 0 saturated heterocycles. The fraction of sp³-hybridized carbons (Fsp3) is 0.412. The summed E-state index contributed by atoms with van der Waals surface area (Å²) in [6, 6.07) is 7.57. The standard InChI is InChI=1S/C17H22NO2/c1-3-13-18(15-7-5-4-6-8-15)17(19)14-9-11-16(20-2)12-10-14/h3,9-13,15H,1,4-8H2,2H3/q+1. The van der Waals surface area contributed by atoms with Gasteiger partial charge in [0.2, 0.25) is 0 Å². The van der Waals surface area contributed by atoms with Gasteiger partial charge < -0.3 is 4.74 Å². The Bertz CT molecular complexity index is 496. The minimum absolute atomic E-state index is 0.0412. The van der Waals surface area contributed by atoms with Crippen LogP contribution in [0.5, 0.6) is 5.75 Å². The lowest BCUT2D eigenvalue weighted by molar-refractivity contribution is -0.471.